The lowest BCUT2D eigenvalue weighted by molar-refractivity contribution is 0.824. The third kappa shape index (κ3) is 11.5. The van der Waals surface area contributed by atoms with Gasteiger partial charge in [-0.25, -0.2) is 0 Å². The second-order valence-corrected chi connectivity index (χ2v) is 0. The predicted molar refractivity (Wildman–Crippen MR) is 23.9 cm³/mol. The number of hydrogen-bond acceptors (Lipinski definition) is 0. The molecule has 0 aromatic rings. The van der Waals surface area contributed by atoms with Gasteiger partial charge in [-0.3, -0.25) is 0 Å². The van der Waals surface area contributed by atoms with Crippen molar-refractivity contribution in [3.63, 3.8) is 0 Å². The molecule has 0 heterocycles. The van der Waals surface area contributed by atoms with Crippen LogP contribution >= 0.6 is 24.8 Å². The summed E-state index contributed by atoms with van der Waals surface area (Å²) in [7, 11) is 0. The van der Waals surface area contributed by atoms with E-state index in [-0.39, 0.29) is 47.7 Å². The van der Waals surface area contributed by atoms with E-state index in [0.717, 1.165) is 0 Å². The molecule has 0 rings (SSSR count). The Bertz CT molecular complexity index is 6.00. The van der Waals surface area contributed by atoms with Crippen LogP contribution in [0.5, 0.6) is 0 Å². The Morgan fingerprint density at radius 2 is 0.750 bits per heavy atom. The quantitative estimate of drug-likeness (QED) is 0.389. The lowest BCUT2D eigenvalue weighted by atomic mass is 16.0. The second kappa shape index (κ2) is 33.4. The van der Waals surface area contributed by atoms with Crippen molar-refractivity contribution in [2.75, 3.05) is 0 Å². The monoisotopic (exact) mass is 117 g/mol. The Morgan fingerprint density at radius 1 is 0.750 bits per heavy atom. The maximum atomic E-state index is 0. The minimum absolute atomic E-state index is 0. The van der Waals surface area contributed by atoms with E-state index in [2.05, 4.69) is 0 Å². The topological polar surface area (TPSA) is 31.5 Å². The predicted octanol–water partition coefficient (Wildman–Crippen LogP) is -0.362. The van der Waals surface area contributed by atoms with E-state index in [1.807, 2.05) is 0 Å². The molecular weight excluding hydrogens is 114 g/mol. The van der Waals surface area contributed by atoms with E-state index in [1.165, 1.54) is 0 Å². The Morgan fingerprint density at radius 3 is 0.750 bits per heavy atom. The second-order valence-electron chi connectivity index (χ2n) is 0. The van der Waals surface area contributed by atoms with Crippen molar-refractivity contribution < 1.29 is 5.48 Å². The van der Waals surface area contributed by atoms with Gasteiger partial charge in [0, 0.05) is 17.4 Å². The van der Waals surface area contributed by atoms with Crippen LogP contribution in [0.1, 0.15) is 0 Å². The lowest BCUT2D eigenvalue weighted by Crippen LogP contribution is -0.381. The minimum atomic E-state index is 0. The van der Waals surface area contributed by atoms with Crippen molar-refractivity contribution in [3.8, 4) is 0 Å². The molecule has 0 saturated heterocycles. The maximum Gasteiger partial charge on any atom is 0 e. The molecule has 0 aliphatic carbocycles. The van der Waals surface area contributed by atoms with Crippen molar-refractivity contribution in [2.24, 2.45) is 0 Å². The molecule has 0 aromatic heterocycles. The average molecular weight is 118 g/mol. The summed E-state index contributed by atoms with van der Waals surface area (Å²) in [6.45, 7) is 0. The Labute approximate surface area is 48.0 Å². The smallest absolute Gasteiger partial charge is 0 e. The molecule has 4 heavy (non-hydrogen) atoms. The first kappa shape index (κ1) is 73.1. The third-order valence-electron chi connectivity index (χ3n) is 0. The summed E-state index contributed by atoms with van der Waals surface area (Å²) >= 11 is 0. The summed E-state index contributed by atoms with van der Waals surface area (Å²) in [5.74, 6) is 0. The molecule has 0 aliphatic heterocycles. The number of hydrogen-bond donors (Lipinski definition) is 0. The van der Waals surface area contributed by atoms with Gasteiger partial charge in [0.25, 0.3) is 0 Å². The Balaban J connectivity index is 0. The normalized spacial score (nSPS) is 0. The highest BCUT2D eigenvalue weighted by molar-refractivity contribution is 5.85. The van der Waals surface area contributed by atoms with E-state index in [1.54, 1.807) is 0 Å². The van der Waals surface area contributed by atoms with Gasteiger partial charge in [0.1, 0.15) is 0 Å². The van der Waals surface area contributed by atoms with Crippen LogP contribution in [-0.2, 0) is 0 Å². The highest BCUT2D eigenvalue weighted by Crippen LogP contribution is 0.691. The zero-order valence-corrected chi connectivity index (χ0v) is 4.68. The Kier molecular flexibility index (Phi) is 611. The molecule has 1 nitrogen and oxygen atoms in total. The molecule has 4 heteroatoms. The van der Waals surface area contributed by atoms with E-state index in [9.17, 15) is 0 Å². The van der Waals surface area contributed by atoms with Crippen LogP contribution in [0.25, 0.3) is 0 Å². The fourth-order valence-corrected chi connectivity index (χ4v) is 0. The summed E-state index contributed by atoms with van der Waals surface area (Å²) in [5.41, 5.74) is 0. The van der Waals surface area contributed by atoms with E-state index in [4.69, 9.17) is 0 Å². The van der Waals surface area contributed by atoms with Crippen molar-refractivity contribution in [1.82, 2.24) is 0 Å². The van der Waals surface area contributed by atoms with Crippen molar-refractivity contribution >= 4 is 42.2 Å². The van der Waals surface area contributed by atoms with Crippen LogP contribution < -0.4 is 0 Å². The van der Waals surface area contributed by atoms with E-state index >= 15 is 0 Å². The van der Waals surface area contributed by atoms with Gasteiger partial charge in [-0.05, 0) is 0 Å². The maximum absolute atomic E-state index is 0. The van der Waals surface area contributed by atoms with Gasteiger partial charge < -0.3 is 5.48 Å². The molecule has 0 saturated carbocycles. The first-order chi connectivity index (χ1) is 0. The molecule has 0 bridgehead atoms. The zero-order valence-electron chi connectivity index (χ0n) is 1.89. The molecule has 2 N–H and O–H groups in total. The summed E-state index contributed by atoms with van der Waals surface area (Å²) in [4.78, 5) is 0. The van der Waals surface area contributed by atoms with Crippen LogP contribution in [0, 0.1) is 0 Å². The average Bonchev–Trinajstić information content (AvgIpc) is 0. The molecule has 27 valence electrons. The summed E-state index contributed by atoms with van der Waals surface area (Å²) in [6, 6.07) is 0. The fourth-order valence-electron chi connectivity index (χ4n) is 0. The van der Waals surface area contributed by atoms with E-state index < -0.39 is 0 Å². The van der Waals surface area contributed by atoms with Crippen molar-refractivity contribution in [3.05, 3.63) is 0 Å². The number of rotatable bonds is 0. The largest absolute Gasteiger partial charge is 0.412 e. The molecule has 0 atom stereocenters. The zero-order chi connectivity index (χ0) is 0. The number of halogens is 2. The molecule has 3 radical (unpaired) electrons. The molecule has 0 aromatic carbocycles. The van der Waals surface area contributed by atoms with Crippen LogP contribution in [0.4, 0.5) is 0 Å². The summed E-state index contributed by atoms with van der Waals surface area (Å²) < 4.78 is 0. The molecular formula is H4AlCl2O. The fraction of sp³-hybridized carbons (Fsp3) is 0. The molecule has 0 fully saturated rings. The van der Waals surface area contributed by atoms with Gasteiger partial charge in [-0.1, -0.05) is 0 Å². The standard InChI is InChI=1S/Al.2ClH.H2O/h;2*1H;1H2. The van der Waals surface area contributed by atoms with Gasteiger partial charge in [-0.15, -0.1) is 24.8 Å². The van der Waals surface area contributed by atoms with Gasteiger partial charge in [-0.2, -0.15) is 0 Å². The lowest BCUT2D eigenvalue weighted by Gasteiger charge is -0.412. The Hall–Kier alpha value is 1.07. The SMILES string of the molecule is Cl.Cl.O.[Al]. The van der Waals surface area contributed by atoms with Gasteiger partial charge >= 0.3 is 0 Å². The van der Waals surface area contributed by atoms with Crippen molar-refractivity contribution in [1.29, 1.82) is 0 Å². The molecule has 0 spiro atoms. The van der Waals surface area contributed by atoms with Crippen LogP contribution in [0.2, 0.25) is 0 Å². The highest BCUT2D eigenvalue weighted by Gasteiger charge is 0.0000162. The van der Waals surface area contributed by atoms with Crippen LogP contribution in [-0.4, -0.2) is 22.8 Å². The minimum Gasteiger partial charge on any atom is -0.412 e. The van der Waals surface area contributed by atoms with Crippen LogP contribution in [0.3, 0.4) is 0 Å². The third-order valence-corrected chi connectivity index (χ3v) is 0. The van der Waals surface area contributed by atoms with Gasteiger partial charge in [0.15, 0.2) is 0 Å². The first-order valence-corrected chi connectivity index (χ1v) is 0. The van der Waals surface area contributed by atoms with Crippen LogP contribution in [0.15, 0.2) is 0 Å². The van der Waals surface area contributed by atoms with Gasteiger partial charge in [0.2, 0.25) is 0 Å². The van der Waals surface area contributed by atoms with Gasteiger partial charge in [0.05, 0.1) is 0 Å². The summed E-state index contributed by atoms with van der Waals surface area (Å²) in [6.07, 6.45) is 0. The highest BCUT2D eigenvalue weighted by atomic mass is 35.5. The van der Waals surface area contributed by atoms with Crippen molar-refractivity contribution in [2.45, 2.75) is 0 Å². The van der Waals surface area contributed by atoms with E-state index in [0.29, 0.717) is 0 Å². The molecule has 0 aliphatic rings. The molecule has 0 amide bonds. The molecule has 0 unspecified atom stereocenters. The first-order valence-electron chi connectivity index (χ1n) is 0. The summed E-state index contributed by atoms with van der Waals surface area (Å²) in [5, 5.41) is 0.